The van der Waals surface area contributed by atoms with Crippen LogP contribution in [0, 0.1) is 6.92 Å². The molecule has 0 spiro atoms. The average Bonchev–Trinajstić information content (AvgIpc) is 3.22. The Balaban J connectivity index is 1.54. The van der Waals surface area contributed by atoms with Crippen LogP contribution in [0.25, 0.3) is 11.4 Å². The maximum absolute atomic E-state index is 12.0. The summed E-state index contributed by atoms with van der Waals surface area (Å²) in [4.78, 5) is 12.0. The highest BCUT2D eigenvalue weighted by atomic mass is 32.2. The highest BCUT2D eigenvalue weighted by molar-refractivity contribution is 7.99. The van der Waals surface area contributed by atoms with Gasteiger partial charge in [-0.1, -0.05) is 41.6 Å². The Kier molecular flexibility index (Phi) is 5.52. The number of ether oxygens (including phenoxy) is 1. The summed E-state index contributed by atoms with van der Waals surface area (Å²) >= 11 is 1.39. The highest BCUT2D eigenvalue weighted by Crippen LogP contribution is 2.22. The second kappa shape index (κ2) is 7.81. The van der Waals surface area contributed by atoms with Crippen LogP contribution in [0.3, 0.4) is 0 Å². The summed E-state index contributed by atoms with van der Waals surface area (Å²) in [6.07, 6.45) is 2.27. The number of nitrogens with one attached hydrogen (secondary N) is 1. The average molecular weight is 346 g/mol. The number of carbonyl (C=O) groups excluding carboxylic acids is 1. The molecule has 1 saturated heterocycles. The van der Waals surface area contributed by atoms with Crippen LogP contribution in [0.5, 0.6) is 0 Å². The zero-order valence-electron chi connectivity index (χ0n) is 14.0. The number of amides is 1. The molecular formula is C17H22N4O2S. The van der Waals surface area contributed by atoms with Gasteiger partial charge in [-0.25, -0.2) is 0 Å². The molecule has 24 heavy (non-hydrogen) atoms. The van der Waals surface area contributed by atoms with E-state index in [4.69, 9.17) is 4.74 Å². The zero-order valence-corrected chi connectivity index (χ0v) is 14.8. The predicted molar refractivity (Wildman–Crippen MR) is 93.9 cm³/mol. The molecule has 2 aromatic rings. The van der Waals surface area contributed by atoms with Crippen LogP contribution < -0.4 is 5.32 Å². The number of hydrogen-bond acceptors (Lipinski definition) is 5. The molecule has 1 amide bonds. The van der Waals surface area contributed by atoms with Crippen LogP contribution in [0.1, 0.15) is 18.4 Å². The predicted octanol–water partition coefficient (Wildman–Crippen LogP) is 2.18. The largest absolute Gasteiger partial charge is 0.376 e. The second-order valence-electron chi connectivity index (χ2n) is 5.96. The number of nitrogens with zero attached hydrogens (tertiary/aromatic N) is 3. The third kappa shape index (κ3) is 4.15. The molecule has 128 valence electrons. The van der Waals surface area contributed by atoms with Crippen molar-refractivity contribution in [3.8, 4) is 11.4 Å². The first kappa shape index (κ1) is 17.0. The van der Waals surface area contributed by atoms with Crippen molar-refractivity contribution in [3.05, 3.63) is 29.8 Å². The Labute approximate surface area is 146 Å². The summed E-state index contributed by atoms with van der Waals surface area (Å²) in [5.41, 5.74) is 2.23. The topological polar surface area (TPSA) is 69.0 Å². The minimum Gasteiger partial charge on any atom is -0.376 e. The van der Waals surface area contributed by atoms with Gasteiger partial charge in [0.15, 0.2) is 11.0 Å². The number of aryl methyl sites for hydroxylation is 1. The maximum Gasteiger partial charge on any atom is 0.230 e. The van der Waals surface area contributed by atoms with E-state index in [1.165, 1.54) is 17.3 Å². The molecule has 0 unspecified atom stereocenters. The van der Waals surface area contributed by atoms with Gasteiger partial charge >= 0.3 is 0 Å². The Morgan fingerprint density at radius 1 is 1.38 bits per heavy atom. The second-order valence-corrected chi connectivity index (χ2v) is 6.90. The zero-order chi connectivity index (χ0) is 16.9. The molecule has 0 saturated carbocycles. The lowest BCUT2D eigenvalue weighted by molar-refractivity contribution is -0.119. The van der Waals surface area contributed by atoms with Crippen LogP contribution in [-0.4, -0.2) is 45.7 Å². The van der Waals surface area contributed by atoms with E-state index >= 15 is 0 Å². The summed E-state index contributed by atoms with van der Waals surface area (Å²) in [7, 11) is 1.92. The molecule has 0 bridgehead atoms. The fourth-order valence-corrected chi connectivity index (χ4v) is 3.35. The molecule has 0 radical (unpaired) electrons. The van der Waals surface area contributed by atoms with Crippen molar-refractivity contribution < 1.29 is 9.53 Å². The Morgan fingerprint density at radius 2 is 2.17 bits per heavy atom. The Morgan fingerprint density at radius 3 is 2.88 bits per heavy atom. The first-order valence-electron chi connectivity index (χ1n) is 8.11. The number of aromatic nitrogens is 3. The van der Waals surface area contributed by atoms with Gasteiger partial charge in [0.25, 0.3) is 0 Å². The van der Waals surface area contributed by atoms with Crippen molar-refractivity contribution in [2.24, 2.45) is 7.05 Å². The lowest BCUT2D eigenvalue weighted by atomic mass is 10.1. The van der Waals surface area contributed by atoms with Crippen molar-refractivity contribution >= 4 is 17.7 Å². The molecule has 2 heterocycles. The summed E-state index contributed by atoms with van der Waals surface area (Å²) in [6.45, 7) is 3.44. The lowest BCUT2D eigenvalue weighted by Crippen LogP contribution is -2.32. The van der Waals surface area contributed by atoms with Crippen LogP contribution in [-0.2, 0) is 16.6 Å². The molecule has 1 atom stereocenters. The van der Waals surface area contributed by atoms with Gasteiger partial charge in [-0.05, 0) is 19.8 Å². The van der Waals surface area contributed by atoms with E-state index in [9.17, 15) is 4.79 Å². The molecule has 1 N–H and O–H groups in total. The molecule has 1 aromatic heterocycles. The van der Waals surface area contributed by atoms with Crippen LogP contribution in [0.4, 0.5) is 0 Å². The van der Waals surface area contributed by atoms with Crippen molar-refractivity contribution in [2.75, 3.05) is 18.9 Å². The summed E-state index contributed by atoms with van der Waals surface area (Å²) in [6, 6.07) is 8.16. The van der Waals surface area contributed by atoms with E-state index in [-0.39, 0.29) is 12.0 Å². The van der Waals surface area contributed by atoms with Gasteiger partial charge in [-0.2, -0.15) is 0 Å². The minimum atomic E-state index is -0.00427. The normalized spacial score (nSPS) is 17.2. The molecule has 1 fully saturated rings. The van der Waals surface area contributed by atoms with Crippen molar-refractivity contribution in [1.29, 1.82) is 0 Å². The number of rotatable bonds is 6. The van der Waals surface area contributed by atoms with Crippen LogP contribution in [0.2, 0.25) is 0 Å². The molecule has 0 aliphatic carbocycles. The Hall–Kier alpha value is -1.86. The van der Waals surface area contributed by atoms with E-state index in [2.05, 4.69) is 34.6 Å². The first-order chi connectivity index (χ1) is 11.6. The Bertz CT molecular complexity index is 693. The SMILES string of the molecule is Cc1ccc(-c2nnc(SCC(=O)NC[C@H]3CCCO3)n2C)cc1. The fourth-order valence-electron chi connectivity index (χ4n) is 2.61. The van der Waals surface area contributed by atoms with Gasteiger partial charge in [0.2, 0.25) is 5.91 Å². The van der Waals surface area contributed by atoms with Gasteiger partial charge < -0.3 is 14.6 Å². The number of thioether (sulfide) groups is 1. The van der Waals surface area contributed by atoms with Crippen LogP contribution >= 0.6 is 11.8 Å². The molecule has 1 aliphatic rings. The summed E-state index contributed by atoms with van der Waals surface area (Å²) in [5.74, 6) is 1.12. The minimum absolute atomic E-state index is 0.00427. The van der Waals surface area contributed by atoms with Crippen molar-refractivity contribution in [2.45, 2.75) is 31.0 Å². The quantitative estimate of drug-likeness (QED) is 0.812. The lowest BCUT2D eigenvalue weighted by Gasteiger charge is -2.10. The third-order valence-electron chi connectivity index (χ3n) is 4.03. The van der Waals surface area contributed by atoms with E-state index in [0.29, 0.717) is 12.3 Å². The van der Waals surface area contributed by atoms with E-state index < -0.39 is 0 Å². The summed E-state index contributed by atoms with van der Waals surface area (Å²) < 4.78 is 7.42. The van der Waals surface area contributed by atoms with E-state index in [1.807, 2.05) is 23.7 Å². The van der Waals surface area contributed by atoms with E-state index in [1.54, 1.807) is 0 Å². The van der Waals surface area contributed by atoms with Crippen LogP contribution in [0.15, 0.2) is 29.4 Å². The maximum atomic E-state index is 12.0. The van der Waals surface area contributed by atoms with Gasteiger partial charge in [0.05, 0.1) is 11.9 Å². The van der Waals surface area contributed by atoms with Gasteiger partial charge in [0.1, 0.15) is 0 Å². The number of carbonyl (C=O) groups is 1. The van der Waals surface area contributed by atoms with E-state index in [0.717, 1.165) is 36.0 Å². The molecule has 1 aliphatic heterocycles. The molecule has 3 rings (SSSR count). The van der Waals surface area contributed by atoms with Gasteiger partial charge in [-0.3, -0.25) is 4.79 Å². The standard InChI is InChI=1S/C17H22N4O2S/c1-12-5-7-13(8-6-12)16-19-20-17(21(16)2)24-11-15(22)18-10-14-4-3-9-23-14/h5-8,14H,3-4,9-11H2,1-2H3,(H,18,22)/t14-/m1/s1. The fraction of sp³-hybridized carbons (Fsp3) is 0.471. The van der Waals surface area contributed by atoms with Gasteiger partial charge in [-0.15, -0.1) is 10.2 Å². The van der Waals surface area contributed by atoms with Crippen molar-refractivity contribution in [3.63, 3.8) is 0 Å². The smallest absolute Gasteiger partial charge is 0.230 e. The highest BCUT2D eigenvalue weighted by Gasteiger charge is 2.17. The molecule has 1 aromatic carbocycles. The number of benzene rings is 1. The molecular weight excluding hydrogens is 324 g/mol. The molecule has 6 nitrogen and oxygen atoms in total. The van der Waals surface area contributed by atoms with Gasteiger partial charge in [0, 0.05) is 25.8 Å². The molecule has 7 heteroatoms. The van der Waals surface area contributed by atoms with Crippen molar-refractivity contribution in [1.82, 2.24) is 20.1 Å². The summed E-state index contributed by atoms with van der Waals surface area (Å²) in [5, 5.41) is 12.1. The first-order valence-corrected chi connectivity index (χ1v) is 9.09. The number of hydrogen-bond donors (Lipinski definition) is 1. The monoisotopic (exact) mass is 346 g/mol. The third-order valence-corrected chi connectivity index (χ3v) is 5.05.